The van der Waals surface area contributed by atoms with Crippen LogP contribution in [0.4, 0.5) is 14.5 Å². The lowest BCUT2D eigenvalue weighted by molar-refractivity contribution is -0.955. The molecular formula is C40H40F2N3O5+. The minimum Gasteiger partial charge on any atom is -0.497 e. The lowest BCUT2D eigenvalue weighted by atomic mass is 9.85. The summed E-state index contributed by atoms with van der Waals surface area (Å²) >= 11 is 0. The molecule has 0 radical (unpaired) electrons. The molecule has 10 heteroatoms. The van der Waals surface area contributed by atoms with Crippen molar-refractivity contribution in [2.45, 2.75) is 32.4 Å². The van der Waals surface area contributed by atoms with Crippen molar-refractivity contribution in [2.75, 3.05) is 45.8 Å². The molecule has 0 atom stereocenters. The second-order valence-corrected chi connectivity index (χ2v) is 13.4. The van der Waals surface area contributed by atoms with Crippen molar-refractivity contribution in [1.82, 2.24) is 4.57 Å². The van der Waals surface area contributed by atoms with Gasteiger partial charge in [0, 0.05) is 60.2 Å². The number of piperidine rings is 3. The summed E-state index contributed by atoms with van der Waals surface area (Å²) in [7, 11) is 4.45. The number of hydrogen-bond donors (Lipinski definition) is 0. The molecule has 3 aliphatic rings. The zero-order valence-electron chi connectivity index (χ0n) is 28.5. The van der Waals surface area contributed by atoms with Crippen LogP contribution in [0.15, 0.2) is 89.9 Å². The Labute approximate surface area is 289 Å². The molecule has 4 aromatic carbocycles. The minimum absolute atomic E-state index is 0.0276. The zero-order valence-corrected chi connectivity index (χ0v) is 28.5. The van der Waals surface area contributed by atoms with Crippen molar-refractivity contribution >= 4 is 22.5 Å². The molecule has 3 aliphatic heterocycles. The number of ether oxygens (including phenoxy) is 3. The van der Waals surface area contributed by atoms with E-state index in [1.165, 1.54) is 64.8 Å². The van der Waals surface area contributed by atoms with Gasteiger partial charge in [-0.25, -0.2) is 8.78 Å². The standard InChI is InChI=1S/C40H40F2N3O5/c1-43(31-17-29(41)16-30(42)18-31)40(47)37-23-44(38-22-33(48-2)8-9-36(38)39(37)46)32-19-34(49-3)21-35(20-32)50-25-28-7-5-4-6-27(28)24-45-13-10-26(11-14-45)12-15-45/h4-9,16-23,26H,10-15,24-25H2,1-3H3/q+1. The summed E-state index contributed by atoms with van der Waals surface area (Å²) in [6.07, 6.45) is 5.36. The Morgan fingerprint density at radius 3 is 2.18 bits per heavy atom. The molecule has 3 fully saturated rings. The molecule has 5 aromatic rings. The number of rotatable bonds is 10. The minimum atomic E-state index is -0.839. The van der Waals surface area contributed by atoms with Gasteiger partial charge in [0.25, 0.3) is 5.91 Å². The highest BCUT2D eigenvalue weighted by Crippen LogP contribution is 2.36. The van der Waals surface area contributed by atoms with E-state index in [0.29, 0.717) is 35.1 Å². The second-order valence-electron chi connectivity index (χ2n) is 13.4. The van der Waals surface area contributed by atoms with Crippen LogP contribution in [0.3, 0.4) is 0 Å². The lowest BCUT2D eigenvalue weighted by Crippen LogP contribution is -2.57. The van der Waals surface area contributed by atoms with Crippen LogP contribution < -0.4 is 24.5 Å². The van der Waals surface area contributed by atoms with Crippen molar-refractivity contribution in [3.8, 4) is 22.9 Å². The summed E-state index contributed by atoms with van der Waals surface area (Å²) in [5.74, 6) is 0.0439. The quantitative estimate of drug-likeness (QED) is 0.145. The van der Waals surface area contributed by atoms with Crippen LogP contribution in [0, 0.1) is 17.6 Å². The zero-order chi connectivity index (χ0) is 35.0. The highest BCUT2D eigenvalue weighted by atomic mass is 19.1. The van der Waals surface area contributed by atoms with Crippen molar-refractivity contribution in [3.63, 3.8) is 0 Å². The van der Waals surface area contributed by atoms with Gasteiger partial charge < -0.3 is 28.2 Å². The van der Waals surface area contributed by atoms with E-state index in [0.717, 1.165) is 45.6 Å². The third-order valence-electron chi connectivity index (χ3n) is 10.4. The highest BCUT2D eigenvalue weighted by molar-refractivity contribution is 6.07. The molecule has 0 unspecified atom stereocenters. The van der Waals surface area contributed by atoms with Crippen molar-refractivity contribution < 1.29 is 32.3 Å². The second kappa shape index (κ2) is 13.6. The summed E-state index contributed by atoms with van der Waals surface area (Å²) in [4.78, 5) is 28.6. The van der Waals surface area contributed by atoms with E-state index < -0.39 is 23.0 Å². The number of halogens is 2. The van der Waals surface area contributed by atoms with Gasteiger partial charge in [-0.05, 0) is 55.0 Å². The lowest BCUT2D eigenvalue weighted by Gasteiger charge is -2.49. The van der Waals surface area contributed by atoms with Gasteiger partial charge in [0.1, 0.15) is 47.6 Å². The first kappa shape index (κ1) is 33.3. The normalized spacial score (nSPS) is 18.2. The number of pyridine rings is 1. The Hall–Kier alpha value is -5.22. The van der Waals surface area contributed by atoms with E-state index in [2.05, 4.69) is 18.2 Å². The maximum Gasteiger partial charge on any atom is 0.263 e. The molecule has 1 amide bonds. The van der Waals surface area contributed by atoms with Gasteiger partial charge >= 0.3 is 0 Å². The summed E-state index contributed by atoms with van der Waals surface area (Å²) < 4.78 is 48.6. The molecule has 3 saturated heterocycles. The predicted octanol–water partition coefficient (Wildman–Crippen LogP) is 7.27. The molecular weight excluding hydrogens is 640 g/mol. The number of amides is 1. The number of nitrogens with zero attached hydrogens (tertiary/aromatic N) is 3. The van der Waals surface area contributed by atoms with Gasteiger partial charge in [0.05, 0.1) is 45.1 Å². The average molecular weight is 681 g/mol. The van der Waals surface area contributed by atoms with E-state index >= 15 is 0 Å². The van der Waals surface area contributed by atoms with Crippen molar-refractivity contribution in [3.05, 3.63) is 124 Å². The largest absolute Gasteiger partial charge is 0.497 e. The topological polar surface area (TPSA) is 70.0 Å². The summed E-state index contributed by atoms with van der Waals surface area (Å²) in [6.45, 7) is 5.04. The molecule has 0 N–H and O–H groups in total. The molecule has 0 spiro atoms. The number of hydrogen-bond acceptors (Lipinski definition) is 5. The van der Waals surface area contributed by atoms with Gasteiger partial charge in [-0.15, -0.1) is 0 Å². The van der Waals surface area contributed by atoms with Gasteiger partial charge in [0.15, 0.2) is 0 Å². The molecule has 50 heavy (non-hydrogen) atoms. The van der Waals surface area contributed by atoms with Crippen molar-refractivity contribution in [1.29, 1.82) is 0 Å². The van der Waals surface area contributed by atoms with Gasteiger partial charge in [0.2, 0.25) is 5.43 Å². The molecule has 0 aliphatic carbocycles. The van der Waals surface area contributed by atoms with E-state index in [9.17, 15) is 18.4 Å². The molecule has 8 rings (SSSR count). The molecule has 258 valence electrons. The molecule has 0 saturated carbocycles. The van der Waals surface area contributed by atoms with E-state index in [-0.39, 0.29) is 16.6 Å². The predicted molar refractivity (Wildman–Crippen MR) is 188 cm³/mol. The number of anilines is 1. The van der Waals surface area contributed by atoms with Gasteiger partial charge in [-0.3, -0.25) is 9.59 Å². The van der Waals surface area contributed by atoms with E-state index in [1.807, 2.05) is 12.1 Å². The SMILES string of the molecule is COc1cc(OCc2ccccc2C[N+]23CCC(CC2)CC3)cc(-n2cc(C(=O)N(C)c3cc(F)cc(F)c3)c(=O)c3ccc(OC)cc32)c1. The number of aromatic nitrogens is 1. The molecule has 2 bridgehead atoms. The summed E-state index contributed by atoms with van der Waals surface area (Å²) in [5.41, 5.74) is 2.71. The number of carbonyl (C=O) groups is 1. The Morgan fingerprint density at radius 1 is 0.840 bits per heavy atom. The third-order valence-corrected chi connectivity index (χ3v) is 10.4. The van der Waals surface area contributed by atoms with Gasteiger partial charge in [-0.2, -0.15) is 0 Å². The Balaban J connectivity index is 1.25. The molecule has 8 nitrogen and oxygen atoms in total. The number of fused-ring (bicyclic) bond motifs is 4. The maximum atomic E-state index is 14.1. The number of quaternary nitrogens is 1. The summed E-state index contributed by atoms with van der Waals surface area (Å²) in [6, 6.07) is 21.6. The Bertz CT molecular complexity index is 2110. The van der Waals surface area contributed by atoms with Crippen LogP contribution in [-0.4, -0.2) is 55.9 Å². The Morgan fingerprint density at radius 2 is 1.50 bits per heavy atom. The smallest absolute Gasteiger partial charge is 0.263 e. The van der Waals surface area contributed by atoms with Gasteiger partial charge in [-0.1, -0.05) is 24.3 Å². The van der Waals surface area contributed by atoms with Crippen LogP contribution in [-0.2, 0) is 13.2 Å². The maximum absolute atomic E-state index is 14.1. The first-order valence-electron chi connectivity index (χ1n) is 16.9. The van der Waals surface area contributed by atoms with Crippen LogP contribution in [0.5, 0.6) is 17.2 Å². The summed E-state index contributed by atoms with van der Waals surface area (Å²) in [5, 5.41) is 0.254. The third kappa shape index (κ3) is 6.55. The highest BCUT2D eigenvalue weighted by Gasteiger charge is 2.39. The van der Waals surface area contributed by atoms with E-state index in [4.69, 9.17) is 14.2 Å². The number of carbonyl (C=O) groups excluding carboxylic acids is 1. The number of methoxy groups -OCH3 is 2. The van der Waals surface area contributed by atoms with Crippen LogP contribution in [0.25, 0.3) is 16.6 Å². The van der Waals surface area contributed by atoms with Crippen LogP contribution >= 0.6 is 0 Å². The van der Waals surface area contributed by atoms with E-state index in [1.54, 1.807) is 42.0 Å². The molecule has 4 heterocycles. The Kier molecular flexibility index (Phi) is 9.05. The fourth-order valence-electron chi connectivity index (χ4n) is 7.48. The molecule has 1 aromatic heterocycles. The first-order valence-corrected chi connectivity index (χ1v) is 16.9. The van der Waals surface area contributed by atoms with Crippen molar-refractivity contribution in [2.24, 2.45) is 5.92 Å². The number of benzene rings is 4. The average Bonchev–Trinajstić information content (AvgIpc) is 3.14. The van der Waals surface area contributed by atoms with Crippen LogP contribution in [0.1, 0.15) is 40.7 Å². The van der Waals surface area contributed by atoms with Crippen LogP contribution in [0.2, 0.25) is 0 Å². The monoisotopic (exact) mass is 680 g/mol. The fourth-order valence-corrected chi connectivity index (χ4v) is 7.48. The fraction of sp³-hybridized carbons (Fsp3) is 0.300. The first-order chi connectivity index (χ1) is 24.1.